The van der Waals surface area contributed by atoms with E-state index in [0.717, 1.165) is 59.3 Å². The third-order valence-electron chi connectivity index (χ3n) is 7.85. The van der Waals surface area contributed by atoms with Gasteiger partial charge in [-0.3, -0.25) is 14.6 Å². The number of allylic oxidation sites excluding steroid dienone is 2. The van der Waals surface area contributed by atoms with Crippen molar-refractivity contribution in [1.29, 1.82) is 0 Å². The molecule has 1 saturated heterocycles. The molecule has 0 unspecified atom stereocenters. The molecule has 5 rings (SSSR count). The van der Waals surface area contributed by atoms with Crippen LogP contribution in [0.3, 0.4) is 0 Å². The van der Waals surface area contributed by atoms with Crippen molar-refractivity contribution in [1.82, 2.24) is 20.9 Å². The van der Waals surface area contributed by atoms with Crippen LogP contribution >= 0.6 is 0 Å². The summed E-state index contributed by atoms with van der Waals surface area (Å²) in [7, 11) is 3.04. The Kier molecular flexibility index (Phi) is 9.91. The van der Waals surface area contributed by atoms with E-state index in [1.54, 1.807) is 30.6 Å². The van der Waals surface area contributed by atoms with Crippen LogP contribution < -0.4 is 30.2 Å². The molecule has 230 valence electrons. The van der Waals surface area contributed by atoms with Crippen LogP contribution in [0, 0.1) is 5.82 Å². The summed E-state index contributed by atoms with van der Waals surface area (Å²) in [6.45, 7) is 3.86. The van der Waals surface area contributed by atoms with E-state index >= 15 is 0 Å². The molecule has 0 saturated carbocycles. The first kappa shape index (κ1) is 30.7. The fraction of sp³-hybridized carbons (Fsp3) is 0.324. The first-order valence-corrected chi connectivity index (χ1v) is 14.6. The molecule has 1 aliphatic carbocycles. The van der Waals surface area contributed by atoms with Gasteiger partial charge in [0.05, 0.1) is 20.6 Å². The van der Waals surface area contributed by atoms with Crippen LogP contribution in [0.4, 0.5) is 4.39 Å². The maximum absolute atomic E-state index is 14.4. The average Bonchev–Trinajstić information content (AvgIpc) is 3.28. The molecule has 3 aromatic rings. The number of hydrogen-bond donors (Lipinski definition) is 3. The Morgan fingerprint density at radius 2 is 1.80 bits per heavy atom. The lowest BCUT2D eigenvalue weighted by Gasteiger charge is -2.23. The van der Waals surface area contributed by atoms with Crippen molar-refractivity contribution in [2.75, 3.05) is 33.9 Å². The van der Waals surface area contributed by atoms with Gasteiger partial charge in [-0.25, -0.2) is 4.39 Å². The molecule has 2 amide bonds. The second-order valence-electron chi connectivity index (χ2n) is 10.8. The first-order valence-electron chi connectivity index (χ1n) is 14.6. The molecule has 10 heteroatoms. The zero-order valence-electron chi connectivity index (χ0n) is 25.2. The summed E-state index contributed by atoms with van der Waals surface area (Å²) in [5, 5.41) is 9.23. The topological polar surface area (TPSA) is 111 Å². The van der Waals surface area contributed by atoms with Gasteiger partial charge >= 0.3 is 0 Å². The van der Waals surface area contributed by atoms with Gasteiger partial charge in [-0.15, -0.1) is 0 Å². The highest BCUT2D eigenvalue weighted by molar-refractivity contribution is 6.08. The number of rotatable bonds is 11. The third-order valence-corrected chi connectivity index (χ3v) is 7.85. The predicted molar refractivity (Wildman–Crippen MR) is 167 cm³/mol. The number of carbonyl (C=O) groups is 2. The zero-order chi connectivity index (χ0) is 31.1. The van der Waals surface area contributed by atoms with E-state index in [-0.39, 0.29) is 36.7 Å². The lowest BCUT2D eigenvalue weighted by atomic mass is 10.00. The maximum Gasteiger partial charge on any atom is 0.258 e. The Morgan fingerprint density at radius 1 is 1.05 bits per heavy atom. The number of fused-ring (bicyclic) bond motifs is 1. The fourth-order valence-corrected chi connectivity index (χ4v) is 5.57. The van der Waals surface area contributed by atoms with Crippen LogP contribution in [-0.4, -0.2) is 56.8 Å². The number of methoxy groups -OCH3 is 2. The van der Waals surface area contributed by atoms with Crippen molar-refractivity contribution in [3.63, 3.8) is 0 Å². The van der Waals surface area contributed by atoms with E-state index in [0.29, 0.717) is 29.4 Å². The van der Waals surface area contributed by atoms with Gasteiger partial charge in [-0.2, -0.15) is 0 Å². The summed E-state index contributed by atoms with van der Waals surface area (Å²) < 4.78 is 31.5. The molecule has 2 heterocycles. The van der Waals surface area contributed by atoms with Crippen molar-refractivity contribution < 1.29 is 28.2 Å². The van der Waals surface area contributed by atoms with E-state index in [2.05, 4.69) is 20.9 Å². The summed E-state index contributed by atoms with van der Waals surface area (Å²) in [6, 6.07) is 12.0. The molecule has 0 spiro atoms. The first-order chi connectivity index (χ1) is 21.4. The number of halogens is 1. The second-order valence-corrected chi connectivity index (χ2v) is 10.8. The third kappa shape index (κ3) is 7.26. The number of piperidine rings is 1. The number of benzene rings is 2. The smallest absolute Gasteiger partial charge is 0.258 e. The van der Waals surface area contributed by atoms with Crippen LogP contribution in [0.5, 0.6) is 17.2 Å². The Hall–Kier alpha value is -4.70. The van der Waals surface area contributed by atoms with Gasteiger partial charge in [0.2, 0.25) is 11.7 Å². The van der Waals surface area contributed by atoms with Gasteiger partial charge in [0, 0.05) is 25.0 Å². The monoisotopic (exact) mass is 600 g/mol. The largest absolute Gasteiger partial charge is 0.493 e. The lowest BCUT2D eigenvalue weighted by Crippen LogP contribution is -2.44. The van der Waals surface area contributed by atoms with Gasteiger partial charge in [0.1, 0.15) is 5.82 Å². The minimum absolute atomic E-state index is 0.0960. The number of nitrogens with one attached hydrogen (secondary N) is 3. The molecule has 1 aliphatic heterocycles. The quantitative estimate of drug-likeness (QED) is 0.297. The van der Waals surface area contributed by atoms with E-state index in [9.17, 15) is 14.0 Å². The van der Waals surface area contributed by atoms with Crippen molar-refractivity contribution in [3.8, 4) is 17.2 Å². The highest BCUT2D eigenvalue weighted by atomic mass is 19.1. The molecule has 2 aliphatic rings. The van der Waals surface area contributed by atoms with Crippen LogP contribution in [0.1, 0.15) is 48.4 Å². The van der Waals surface area contributed by atoms with E-state index in [1.165, 1.54) is 26.4 Å². The van der Waals surface area contributed by atoms with Gasteiger partial charge < -0.3 is 30.2 Å². The van der Waals surface area contributed by atoms with Crippen LogP contribution in [0.25, 0.3) is 17.2 Å². The molecule has 2 aromatic carbocycles. The van der Waals surface area contributed by atoms with Crippen LogP contribution in [-0.2, 0) is 16.1 Å². The summed E-state index contributed by atoms with van der Waals surface area (Å²) >= 11 is 0. The fourth-order valence-electron chi connectivity index (χ4n) is 5.57. The highest BCUT2D eigenvalue weighted by Gasteiger charge is 2.26. The van der Waals surface area contributed by atoms with E-state index in [1.807, 2.05) is 25.1 Å². The van der Waals surface area contributed by atoms with Crippen molar-refractivity contribution in [3.05, 3.63) is 88.5 Å². The Bertz CT molecular complexity index is 1560. The summed E-state index contributed by atoms with van der Waals surface area (Å²) in [6.07, 6.45) is 7.18. The number of carbonyl (C=O) groups excluding carboxylic acids is 2. The van der Waals surface area contributed by atoms with E-state index in [4.69, 9.17) is 14.2 Å². The molecule has 9 nitrogen and oxygen atoms in total. The molecular formula is C34H37FN4O5. The van der Waals surface area contributed by atoms with Crippen molar-refractivity contribution >= 4 is 29.0 Å². The predicted octanol–water partition coefficient (Wildman–Crippen LogP) is 4.52. The summed E-state index contributed by atoms with van der Waals surface area (Å²) in [5.41, 5.74) is 5.63. The molecule has 0 atom stereocenters. The van der Waals surface area contributed by atoms with Gasteiger partial charge in [0.15, 0.2) is 18.1 Å². The standard InChI is InChI=1S/C34H37FN4O5/c1-21-27(26-7-6-24(35)16-29(26)28(21)17-32(40)38-19-22-5-4-10-37-18-22)13-23-14-30(42-2)34(31(15-23)43-3)44-20-33(41)39-25-8-11-36-12-9-25/h4-7,10,13-16,18,25,36H,8-9,11-12,17,19-20H2,1-3H3,(H,38,40)(H,39,41). The molecule has 0 radical (unpaired) electrons. The number of ether oxygens (including phenoxy) is 3. The van der Waals surface area contributed by atoms with Gasteiger partial charge in [0.25, 0.3) is 5.91 Å². The molecule has 44 heavy (non-hydrogen) atoms. The molecule has 1 fully saturated rings. The van der Waals surface area contributed by atoms with Crippen molar-refractivity contribution in [2.24, 2.45) is 0 Å². The molecule has 3 N–H and O–H groups in total. The number of hydrogen-bond acceptors (Lipinski definition) is 7. The minimum Gasteiger partial charge on any atom is -0.493 e. The zero-order valence-corrected chi connectivity index (χ0v) is 25.2. The second kappa shape index (κ2) is 14.2. The number of aromatic nitrogens is 1. The van der Waals surface area contributed by atoms with Gasteiger partial charge in [-0.05, 0) is 108 Å². The molecule has 1 aromatic heterocycles. The summed E-state index contributed by atoms with van der Waals surface area (Å²) in [4.78, 5) is 29.6. The summed E-state index contributed by atoms with van der Waals surface area (Å²) in [5.74, 6) is 0.373. The lowest BCUT2D eigenvalue weighted by molar-refractivity contribution is -0.124. The molecular weight excluding hydrogens is 563 g/mol. The van der Waals surface area contributed by atoms with E-state index < -0.39 is 0 Å². The Balaban J connectivity index is 1.38. The minimum atomic E-state index is -0.375. The SMILES string of the molecule is COc1cc(C=C2C(C)=C(CC(=O)NCc3cccnc3)c3cc(F)ccc32)cc(OC)c1OCC(=O)NC1CCNCC1. The number of amides is 2. The Labute approximate surface area is 256 Å². The van der Waals surface area contributed by atoms with Gasteiger partial charge in [-0.1, -0.05) is 12.1 Å². The van der Waals surface area contributed by atoms with Crippen LogP contribution in [0.2, 0.25) is 0 Å². The maximum atomic E-state index is 14.4. The Morgan fingerprint density at radius 3 is 2.48 bits per heavy atom. The van der Waals surface area contributed by atoms with Crippen LogP contribution in [0.15, 0.2) is 60.4 Å². The number of nitrogens with zero attached hydrogens (tertiary/aromatic N) is 1. The molecule has 0 bridgehead atoms. The highest BCUT2D eigenvalue weighted by Crippen LogP contribution is 2.45. The average molecular weight is 601 g/mol. The normalized spacial score (nSPS) is 15.6. The van der Waals surface area contributed by atoms with Crippen molar-refractivity contribution in [2.45, 2.75) is 38.8 Å². The number of pyridine rings is 1.